The number of nitrogens with zero attached hydrogens (tertiary/aromatic N) is 5. The lowest BCUT2D eigenvalue weighted by molar-refractivity contribution is -0.113. The molecule has 0 spiro atoms. The van der Waals surface area contributed by atoms with E-state index in [1.54, 1.807) is 29.8 Å². The lowest BCUT2D eigenvalue weighted by Gasteiger charge is -2.13. The fourth-order valence-electron chi connectivity index (χ4n) is 3.21. The standard InChI is InChI=1S/C21H20N6O5S2/c1-26-17-15(19(29)27(2)21(26)30)18(34-10-14(28)23-20-22-7-8-33-20)25-16(24-17)11-5-6-12(31-3)13(9-11)32-4/h5-9H,10H2,1-4H3,(H,22,23,28). The number of nitrogens with one attached hydrogen (secondary N) is 1. The Bertz CT molecular complexity index is 1500. The van der Waals surface area contributed by atoms with Gasteiger partial charge in [-0.25, -0.2) is 19.7 Å². The van der Waals surface area contributed by atoms with Gasteiger partial charge in [0.05, 0.1) is 20.0 Å². The molecule has 1 aromatic carbocycles. The summed E-state index contributed by atoms with van der Waals surface area (Å²) in [6.45, 7) is 0. The van der Waals surface area contributed by atoms with E-state index < -0.39 is 11.2 Å². The predicted molar refractivity (Wildman–Crippen MR) is 130 cm³/mol. The topological polar surface area (TPSA) is 130 Å². The normalized spacial score (nSPS) is 10.9. The van der Waals surface area contributed by atoms with Crippen LogP contribution in [0.5, 0.6) is 11.5 Å². The van der Waals surface area contributed by atoms with Crippen LogP contribution >= 0.6 is 23.1 Å². The summed E-state index contributed by atoms with van der Waals surface area (Å²) in [4.78, 5) is 51.0. The number of ether oxygens (including phenoxy) is 2. The van der Waals surface area contributed by atoms with E-state index in [2.05, 4.69) is 20.3 Å². The highest BCUT2D eigenvalue weighted by Gasteiger charge is 2.20. The van der Waals surface area contributed by atoms with E-state index in [4.69, 9.17) is 9.47 Å². The first-order valence-corrected chi connectivity index (χ1v) is 11.7. The number of thioether (sulfide) groups is 1. The number of benzene rings is 1. The molecular formula is C21H20N6O5S2. The molecule has 0 atom stereocenters. The summed E-state index contributed by atoms with van der Waals surface area (Å²) in [7, 11) is 5.95. The highest BCUT2D eigenvalue weighted by Crippen LogP contribution is 2.33. The molecule has 0 saturated carbocycles. The molecule has 0 bridgehead atoms. The maximum atomic E-state index is 13.0. The maximum Gasteiger partial charge on any atom is 0.332 e. The molecule has 0 aliphatic rings. The van der Waals surface area contributed by atoms with Crippen molar-refractivity contribution >= 4 is 45.2 Å². The number of methoxy groups -OCH3 is 2. The summed E-state index contributed by atoms with van der Waals surface area (Å²) in [5.74, 6) is 0.934. The van der Waals surface area contributed by atoms with Crippen molar-refractivity contribution in [1.82, 2.24) is 24.1 Å². The van der Waals surface area contributed by atoms with Crippen LogP contribution in [-0.4, -0.2) is 50.0 Å². The van der Waals surface area contributed by atoms with Crippen LogP contribution in [0.2, 0.25) is 0 Å². The molecule has 0 radical (unpaired) electrons. The largest absolute Gasteiger partial charge is 0.493 e. The molecule has 1 amide bonds. The van der Waals surface area contributed by atoms with Crippen LogP contribution in [0.4, 0.5) is 5.13 Å². The molecule has 0 saturated heterocycles. The number of hydrogen-bond donors (Lipinski definition) is 1. The van der Waals surface area contributed by atoms with E-state index in [0.29, 0.717) is 22.2 Å². The van der Waals surface area contributed by atoms with Crippen LogP contribution in [0.1, 0.15) is 0 Å². The van der Waals surface area contributed by atoms with Crippen LogP contribution in [0.15, 0.2) is 44.4 Å². The minimum atomic E-state index is -0.542. The smallest absolute Gasteiger partial charge is 0.332 e. The van der Waals surface area contributed by atoms with Gasteiger partial charge in [-0.3, -0.25) is 18.7 Å². The van der Waals surface area contributed by atoms with E-state index in [-0.39, 0.29) is 33.5 Å². The van der Waals surface area contributed by atoms with E-state index in [9.17, 15) is 14.4 Å². The van der Waals surface area contributed by atoms with Crippen LogP contribution < -0.4 is 26.0 Å². The van der Waals surface area contributed by atoms with Gasteiger partial charge in [0.25, 0.3) is 5.56 Å². The second kappa shape index (κ2) is 9.65. The molecule has 0 aliphatic carbocycles. The number of aromatic nitrogens is 5. The van der Waals surface area contributed by atoms with Crippen LogP contribution in [0.3, 0.4) is 0 Å². The van der Waals surface area contributed by atoms with E-state index in [0.717, 1.165) is 16.3 Å². The number of rotatable bonds is 7. The first-order chi connectivity index (χ1) is 16.3. The summed E-state index contributed by atoms with van der Waals surface area (Å²) in [6.07, 6.45) is 1.59. The van der Waals surface area contributed by atoms with Gasteiger partial charge in [-0.15, -0.1) is 11.3 Å². The highest BCUT2D eigenvalue weighted by molar-refractivity contribution is 8.00. The Balaban J connectivity index is 1.83. The number of carbonyl (C=O) groups excluding carboxylic acids is 1. The van der Waals surface area contributed by atoms with Crippen LogP contribution in [0, 0.1) is 0 Å². The quantitative estimate of drug-likeness (QED) is 0.299. The first kappa shape index (κ1) is 23.4. The minimum absolute atomic E-state index is 0.0247. The highest BCUT2D eigenvalue weighted by atomic mass is 32.2. The molecule has 3 aromatic heterocycles. The molecule has 3 heterocycles. The van der Waals surface area contributed by atoms with Gasteiger partial charge < -0.3 is 14.8 Å². The number of fused-ring (bicyclic) bond motifs is 1. The molecule has 11 nitrogen and oxygen atoms in total. The number of amides is 1. The summed E-state index contributed by atoms with van der Waals surface area (Å²) >= 11 is 2.37. The minimum Gasteiger partial charge on any atom is -0.493 e. The summed E-state index contributed by atoms with van der Waals surface area (Å²) in [5.41, 5.74) is -0.316. The van der Waals surface area contributed by atoms with E-state index in [1.165, 1.54) is 44.2 Å². The zero-order chi connectivity index (χ0) is 24.4. The zero-order valence-corrected chi connectivity index (χ0v) is 20.3. The number of thiazole rings is 1. The maximum absolute atomic E-state index is 13.0. The number of aryl methyl sites for hydroxylation is 1. The predicted octanol–water partition coefficient (Wildman–Crippen LogP) is 1.90. The van der Waals surface area contributed by atoms with Crippen molar-refractivity contribution in [2.75, 3.05) is 25.3 Å². The molecule has 4 aromatic rings. The monoisotopic (exact) mass is 500 g/mol. The molecule has 0 aliphatic heterocycles. The Morgan fingerprint density at radius 3 is 2.56 bits per heavy atom. The third kappa shape index (κ3) is 4.39. The third-order valence-corrected chi connectivity index (χ3v) is 6.59. The van der Waals surface area contributed by atoms with Gasteiger partial charge in [0.1, 0.15) is 10.4 Å². The number of hydrogen-bond acceptors (Lipinski definition) is 10. The average Bonchev–Trinajstić information content (AvgIpc) is 3.36. The molecule has 1 N–H and O–H groups in total. The van der Waals surface area contributed by atoms with Gasteiger partial charge in [0.2, 0.25) is 5.91 Å². The Morgan fingerprint density at radius 2 is 1.88 bits per heavy atom. The Morgan fingerprint density at radius 1 is 1.12 bits per heavy atom. The van der Waals surface area contributed by atoms with Crippen LogP contribution in [-0.2, 0) is 18.9 Å². The van der Waals surface area contributed by atoms with Crippen molar-refractivity contribution in [3.63, 3.8) is 0 Å². The van der Waals surface area contributed by atoms with Crippen LogP contribution in [0.25, 0.3) is 22.4 Å². The lowest BCUT2D eigenvalue weighted by atomic mass is 10.2. The molecular weight excluding hydrogens is 480 g/mol. The summed E-state index contributed by atoms with van der Waals surface area (Å²) in [5, 5.41) is 5.35. The van der Waals surface area contributed by atoms with Crippen molar-refractivity contribution in [1.29, 1.82) is 0 Å². The molecule has 176 valence electrons. The van der Waals surface area contributed by atoms with Crippen molar-refractivity contribution < 1.29 is 14.3 Å². The van der Waals surface area contributed by atoms with Gasteiger partial charge in [-0.05, 0) is 18.2 Å². The van der Waals surface area contributed by atoms with Crippen molar-refractivity contribution in [2.24, 2.45) is 14.1 Å². The zero-order valence-electron chi connectivity index (χ0n) is 18.7. The van der Waals surface area contributed by atoms with E-state index in [1.807, 2.05) is 0 Å². The second-order valence-electron chi connectivity index (χ2n) is 7.00. The number of carbonyl (C=O) groups is 1. The average molecular weight is 501 g/mol. The van der Waals surface area contributed by atoms with Gasteiger partial charge in [-0.1, -0.05) is 11.8 Å². The van der Waals surface area contributed by atoms with Gasteiger partial charge in [0, 0.05) is 31.2 Å². The van der Waals surface area contributed by atoms with Gasteiger partial charge >= 0.3 is 5.69 Å². The Hall–Kier alpha value is -3.71. The fraction of sp³-hybridized carbons (Fsp3) is 0.238. The van der Waals surface area contributed by atoms with Gasteiger partial charge in [0.15, 0.2) is 28.1 Å². The van der Waals surface area contributed by atoms with E-state index >= 15 is 0 Å². The molecule has 4 rings (SSSR count). The van der Waals surface area contributed by atoms with Gasteiger partial charge in [-0.2, -0.15) is 0 Å². The van der Waals surface area contributed by atoms with Crippen molar-refractivity contribution in [3.05, 3.63) is 50.6 Å². The molecule has 34 heavy (non-hydrogen) atoms. The molecule has 0 fully saturated rings. The Kier molecular flexibility index (Phi) is 6.65. The SMILES string of the molecule is COc1ccc(-c2nc(SCC(=O)Nc3nccs3)c3c(=O)n(C)c(=O)n(C)c3n2)cc1OC. The summed E-state index contributed by atoms with van der Waals surface area (Å²) in [6, 6.07) is 5.15. The third-order valence-electron chi connectivity index (χ3n) is 4.93. The lowest BCUT2D eigenvalue weighted by Crippen LogP contribution is -2.37. The van der Waals surface area contributed by atoms with Crippen molar-refractivity contribution in [2.45, 2.75) is 5.03 Å². The first-order valence-electron chi connectivity index (χ1n) is 9.86. The second-order valence-corrected chi connectivity index (χ2v) is 8.86. The molecule has 13 heteroatoms. The number of anilines is 1. The van der Waals surface area contributed by atoms with Crippen molar-refractivity contribution in [3.8, 4) is 22.9 Å². The summed E-state index contributed by atoms with van der Waals surface area (Å²) < 4.78 is 12.9. The molecule has 0 unspecified atom stereocenters. The fourth-order valence-corrected chi connectivity index (χ4v) is 4.57. The Labute approximate surface area is 201 Å².